The molecule has 5 nitrogen and oxygen atoms in total. The lowest BCUT2D eigenvalue weighted by Gasteiger charge is -2.34. The lowest BCUT2D eigenvalue weighted by atomic mass is 9.96. The van der Waals surface area contributed by atoms with Crippen LogP contribution in [0.3, 0.4) is 0 Å². The number of likely N-dealkylation sites (N-methyl/N-ethyl adjacent to an activating group) is 1. The number of likely N-dealkylation sites (tertiary alicyclic amines) is 1. The van der Waals surface area contributed by atoms with Crippen LogP contribution in [-0.4, -0.2) is 54.3 Å². The number of hydrogen-bond acceptors (Lipinski definition) is 3. The van der Waals surface area contributed by atoms with Gasteiger partial charge in [-0.2, -0.15) is 0 Å². The van der Waals surface area contributed by atoms with Crippen molar-refractivity contribution in [2.24, 2.45) is 5.92 Å². The summed E-state index contributed by atoms with van der Waals surface area (Å²) in [6.07, 6.45) is 1.58. The lowest BCUT2D eigenvalue weighted by Crippen LogP contribution is -2.46. The average molecular weight is 363 g/mol. The molecule has 1 aliphatic heterocycles. The molecule has 1 atom stereocenters. The van der Waals surface area contributed by atoms with Crippen molar-refractivity contribution in [2.45, 2.75) is 39.7 Å². The Morgan fingerprint density at radius 3 is 2.38 bits per heavy atom. The van der Waals surface area contributed by atoms with E-state index in [1.807, 2.05) is 25.7 Å². The Hall–Kier alpha value is -1.95. The largest absolute Gasteiger partial charge is 0.356 e. The quantitative estimate of drug-likeness (QED) is 0.810. The monoisotopic (exact) mass is 363 g/mol. The van der Waals surface area contributed by atoms with Crippen molar-refractivity contribution in [2.75, 3.05) is 32.7 Å². The second-order valence-corrected chi connectivity index (χ2v) is 6.85. The number of rotatable bonds is 7. The van der Waals surface area contributed by atoms with Gasteiger partial charge in [0.15, 0.2) is 0 Å². The summed E-state index contributed by atoms with van der Waals surface area (Å²) >= 11 is 0. The fourth-order valence-electron chi connectivity index (χ4n) is 3.54. The fourth-order valence-corrected chi connectivity index (χ4v) is 3.54. The highest BCUT2D eigenvalue weighted by Crippen LogP contribution is 2.22. The van der Waals surface area contributed by atoms with E-state index in [1.54, 1.807) is 12.1 Å². The molecule has 26 heavy (non-hydrogen) atoms. The molecule has 144 valence electrons. The van der Waals surface area contributed by atoms with Crippen LogP contribution < -0.4 is 5.32 Å². The molecule has 0 spiro atoms. The van der Waals surface area contributed by atoms with Crippen molar-refractivity contribution < 1.29 is 14.0 Å². The predicted molar refractivity (Wildman–Crippen MR) is 100 cm³/mol. The van der Waals surface area contributed by atoms with Crippen LogP contribution >= 0.6 is 0 Å². The maximum Gasteiger partial charge on any atom is 0.237 e. The first-order valence-corrected chi connectivity index (χ1v) is 9.51. The molecule has 2 rings (SSSR count). The van der Waals surface area contributed by atoms with E-state index in [0.717, 1.165) is 31.5 Å². The minimum absolute atomic E-state index is 0.0571. The van der Waals surface area contributed by atoms with E-state index in [-0.39, 0.29) is 29.6 Å². The van der Waals surface area contributed by atoms with Crippen molar-refractivity contribution in [1.29, 1.82) is 0 Å². The first kappa shape index (κ1) is 20.4. The van der Waals surface area contributed by atoms with Crippen LogP contribution in [0, 0.1) is 11.7 Å². The van der Waals surface area contributed by atoms with Crippen molar-refractivity contribution in [3.63, 3.8) is 0 Å². The van der Waals surface area contributed by atoms with E-state index in [1.165, 1.54) is 12.1 Å². The van der Waals surface area contributed by atoms with Crippen LogP contribution in [0.2, 0.25) is 0 Å². The van der Waals surface area contributed by atoms with Gasteiger partial charge in [-0.05, 0) is 64.4 Å². The molecule has 1 unspecified atom stereocenters. The molecule has 1 saturated heterocycles. The fraction of sp³-hybridized carbons (Fsp3) is 0.600. The number of amides is 2. The third-order valence-electron chi connectivity index (χ3n) is 5.15. The molecular formula is C20H30FN3O2. The van der Waals surface area contributed by atoms with E-state index in [9.17, 15) is 14.0 Å². The van der Waals surface area contributed by atoms with Crippen LogP contribution in [-0.2, 0) is 9.59 Å². The molecular weight excluding hydrogens is 333 g/mol. The molecule has 1 aliphatic rings. The van der Waals surface area contributed by atoms with Gasteiger partial charge < -0.3 is 10.2 Å². The van der Waals surface area contributed by atoms with Crippen LogP contribution in [0.25, 0.3) is 0 Å². The number of nitrogens with one attached hydrogen (secondary N) is 1. The van der Waals surface area contributed by atoms with Gasteiger partial charge in [0.25, 0.3) is 0 Å². The maximum atomic E-state index is 13.1. The van der Waals surface area contributed by atoms with Crippen LogP contribution in [0.4, 0.5) is 4.39 Å². The minimum Gasteiger partial charge on any atom is -0.356 e. The molecule has 1 heterocycles. The third kappa shape index (κ3) is 5.27. The highest BCUT2D eigenvalue weighted by Gasteiger charge is 2.27. The summed E-state index contributed by atoms with van der Waals surface area (Å²) in [5.41, 5.74) is 0.927. The number of hydrogen-bond donors (Lipinski definition) is 1. The molecule has 0 aliphatic carbocycles. The molecule has 6 heteroatoms. The van der Waals surface area contributed by atoms with Crippen molar-refractivity contribution in [3.05, 3.63) is 35.6 Å². The van der Waals surface area contributed by atoms with Crippen LogP contribution in [0.5, 0.6) is 0 Å². The van der Waals surface area contributed by atoms with Crippen LogP contribution in [0.15, 0.2) is 24.3 Å². The Kier molecular flexibility index (Phi) is 7.57. The SMILES string of the molecule is CCNC(=O)C1CCN(CC(=O)N(CC)C(C)c2ccc(F)cc2)CC1. The second kappa shape index (κ2) is 9.67. The molecule has 0 saturated carbocycles. The summed E-state index contributed by atoms with van der Waals surface area (Å²) in [5, 5.41) is 2.88. The summed E-state index contributed by atoms with van der Waals surface area (Å²) in [5.74, 6) is -0.0218. The Bertz CT molecular complexity index is 598. The number of halogens is 1. The molecule has 1 fully saturated rings. The molecule has 0 aromatic heterocycles. The normalized spacial score (nSPS) is 16.9. The number of nitrogens with zero attached hydrogens (tertiary/aromatic N) is 2. The first-order valence-electron chi connectivity index (χ1n) is 9.51. The number of carbonyl (C=O) groups excluding carboxylic acids is 2. The standard InChI is InChI=1S/C20H30FN3O2/c1-4-22-20(26)17-10-12-23(13-11-17)14-19(25)24(5-2)15(3)16-6-8-18(21)9-7-16/h6-9,15,17H,4-5,10-14H2,1-3H3,(H,22,26). The smallest absolute Gasteiger partial charge is 0.237 e. The van der Waals surface area contributed by atoms with Gasteiger partial charge in [-0.3, -0.25) is 14.5 Å². The number of carbonyl (C=O) groups is 2. The van der Waals surface area contributed by atoms with E-state index in [4.69, 9.17) is 0 Å². The topological polar surface area (TPSA) is 52.7 Å². The summed E-state index contributed by atoms with van der Waals surface area (Å²) in [4.78, 5) is 28.6. The zero-order valence-electron chi connectivity index (χ0n) is 16.0. The number of benzene rings is 1. The molecule has 0 radical (unpaired) electrons. The summed E-state index contributed by atoms with van der Waals surface area (Å²) in [6, 6.07) is 6.22. The predicted octanol–water partition coefficient (Wildman–Crippen LogP) is 2.58. The van der Waals surface area contributed by atoms with E-state index in [0.29, 0.717) is 19.6 Å². The Balaban J connectivity index is 1.89. The van der Waals surface area contributed by atoms with Crippen LogP contribution in [0.1, 0.15) is 45.2 Å². The number of piperidine rings is 1. The van der Waals surface area contributed by atoms with E-state index >= 15 is 0 Å². The van der Waals surface area contributed by atoms with Gasteiger partial charge in [-0.25, -0.2) is 4.39 Å². The van der Waals surface area contributed by atoms with Gasteiger partial charge in [0.05, 0.1) is 12.6 Å². The van der Waals surface area contributed by atoms with E-state index in [2.05, 4.69) is 10.2 Å². The molecule has 1 aromatic carbocycles. The summed E-state index contributed by atoms with van der Waals surface area (Å²) in [7, 11) is 0. The zero-order valence-corrected chi connectivity index (χ0v) is 16.0. The van der Waals surface area contributed by atoms with Crippen molar-refractivity contribution in [1.82, 2.24) is 15.1 Å². The van der Waals surface area contributed by atoms with Crippen molar-refractivity contribution >= 4 is 11.8 Å². The Morgan fingerprint density at radius 1 is 1.23 bits per heavy atom. The zero-order chi connectivity index (χ0) is 19.1. The van der Waals surface area contributed by atoms with Gasteiger partial charge in [-0.1, -0.05) is 12.1 Å². The average Bonchev–Trinajstić information content (AvgIpc) is 2.63. The first-order chi connectivity index (χ1) is 12.5. The highest BCUT2D eigenvalue weighted by atomic mass is 19.1. The van der Waals surface area contributed by atoms with Crippen molar-refractivity contribution in [3.8, 4) is 0 Å². The summed E-state index contributed by atoms with van der Waals surface area (Å²) in [6.45, 7) is 8.99. The van der Waals surface area contributed by atoms with Gasteiger partial charge >= 0.3 is 0 Å². The minimum atomic E-state index is -0.273. The van der Waals surface area contributed by atoms with Gasteiger partial charge in [-0.15, -0.1) is 0 Å². The highest BCUT2D eigenvalue weighted by molar-refractivity contribution is 5.79. The van der Waals surface area contributed by atoms with Gasteiger partial charge in [0.1, 0.15) is 5.82 Å². The molecule has 1 aromatic rings. The molecule has 2 amide bonds. The Morgan fingerprint density at radius 2 is 1.85 bits per heavy atom. The molecule has 0 bridgehead atoms. The van der Waals surface area contributed by atoms with E-state index < -0.39 is 0 Å². The Labute approximate surface area is 155 Å². The van der Waals surface area contributed by atoms with Gasteiger partial charge in [0.2, 0.25) is 11.8 Å². The summed E-state index contributed by atoms with van der Waals surface area (Å²) < 4.78 is 13.1. The third-order valence-corrected chi connectivity index (χ3v) is 5.15. The maximum absolute atomic E-state index is 13.1. The second-order valence-electron chi connectivity index (χ2n) is 6.85. The van der Waals surface area contributed by atoms with Gasteiger partial charge in [0, 0.05) is 19.0 Å². The lowest BCUT2D eigenvalue weighted by molar-refractivity contribution is -0.135. The molecule has 1 N–H and O–H groups in total.